The average molecular weight is 811 g/mol. The van der Waals surface area contributed by atoms with Crippen LogP contribution >= 0.6 is 0 Å². The molecule has 0 aromatic carbocycles. The molecule has 330 valence electrons. The van der Waals surface area contributed by atoms with Crippen molar-refractivity contribution < 1.29 is 59.1 Å². The first kappa shape index (κ1) is 47.9. The van der Waals surface area contributed by atoms with E-state index in [0.29, 0.717) is 26.1 Å². The van der Waals surface area contributed by atoms with Crippen molar-refractivity contribution in [1.29, 1.82) is 0 Å². The van der Waals surface area contributed by atoms with Crippen LogP contribution in [0.15, 0.2) is 0 Å². The van der Waals surface area contributed by atoms with Crippen LogP contribution in [0.25, 0.3) is 0 Å². The molecule has 4 aliphatic rings. The van der Waals surface area contributed by atoms with Crippen LogP contribution in [0.3, 0.4) is 0 Å². The van der Waals surface area contributed by atoms with Gasteiger partial charge in [0.15, 0.2) is 12.6 Å². The maximum atomic E-state index is 10.9. The smallest absolute Gasteiger partial charge is 0.176 e. The van der Waals surface area contributed by atoms with Crippen molar-refractivity contribution in [3.63, 3.8) is 0 Å². The van der Waals surface area contributed by atoms with Crippen LogP contribution < -0.4 is 45.9 Å². The largest absolute Gasteiger partial charge is 0.389 e. The number of unbranched alkanes of at least 4 members (excludes halogenated alkanes) is 9. The lowest BCUT2D eigenvalue weighted by Crippen LogP contribution is -2.67. The molecule has 20 heteroatoms. The molecule has 56 heavy (non-hydrogen) atoms. The van der Waals surface area contributed by atoms with Crippen LogP contribution in [0.5, 0.6) is 0 Å². The number of rotatable bonds is 21. The van der Waals surface area contributed by atoms with Gasteiger partial charge in [0, 0.05) is 50.5 Å². The number of ether oxygens (including phenoxy) is 6. The molecule has 0 aromatic heterocycles. The minimum absolute atomic E-state index is 0.0465. The molecule has 20 nitrogen and oxygen atoms in total. The molecule has 2 saturated heterocycles. The normalized spacial score (nSPS) is 44.9. The molecule has 2 aliphatic carbocycles. The molecule has 0 aromatic rings. The Balaban J connectivity index is 1.08. The van der Waals surface area contributed by atoms with Gasteiger partial charge in [0.2, 0.25) is 0 Å². The number of aliphatic hydroxyl groups is 6. The molecule has 0 bridgehead atoms. The third kappa shape index (κ3) is 12.4. The molecule has 0 spiro atoms. The lowest BCUT2D eigenvalue weighted by Gasteiger charge is -2.46. The standard InChI is InChI=1S/C36H74N8O12/c37-15-21-27(47)29(49)23(43)35(53-21)55-31-19(41)13-17(39)25(45)33(31)51-11-9-7-5-3-1-2-4-6-8-10-12-52-34-26(46)18(40)14-20(42)32(34)56-36-24(44)30(50)28(48)22(16-38)54-36/h17-36,45-50H,1-16,37-44H2/t17-,18+,19+,20-,21-,22-,23-,24-,25+,26-,27-,28-,29-,30-,31-,32+,33-,34+,35-,36-/m1/s1. The Labute approximate surface area is 330 Å². The van der Waals surface area contributed by atoms with Crippen molar-refractivity contribution in [2.24, 2.45) is 45.9 Å². The topological polar surface area (TPSA) is 385 Å². The van der Waals surface area contributed by atoms with Crippen molar-refractivity contribution >= 4 is 0 Å². The predicted octanol–water partition coefficient (Wildman–Crippen LogP) is -5.27. The van der Waals surface area contributed by atoms with Gasteiger partial charge >= 0.3 is 0 Å². The second-order valence-corrected chi connectivity index (χ2v) is 16.2. The quantitative estimate of drug-likeness (QED) is 0.0481. The molecule has 4 rings (SSSR count). The zero-order chi connectivity index (χ0) is 41.1. The molecule has 0 amide bonds. The zero-order valence-corrected chi connectivity index (χ0v) is 32.6. The van der Waals surface area contributed by atoms with E-state index in [1.165, 1.54) is 0 Å². The number of hydrogen-bond acceptors (Lipinski definition) is 20. The van der Waals surface area contributed by atoms with E-state index in [1.54, 1.807) is 0 Å². The number of nitrogens with two attached hydrogens (primary N) is 8. The van der Waals surface area contributed by atoms with Crippen molar-refractivity contribution in [3.05, 3.63) is 0 Å². The highest BCUT2D eigenvalue weighted by Gasteiger charge is 2.50. The fourth-order valence-corrected chi connectivity index (χ4v) is 8.19. The van der Waals surface area contributed by atoms with E-state index in [-0.39, 0.29) is 13.1 Å². The molecule has 0 radical (unpaired) electrons. The van der Waals surface area contributed by atoms with Gasteiger partial charge in [-0.15, -0.1) is 0 Å². The molecule has 2 saturated carbocycles. The van der Waals surface area contributed by atoms with E-state index in [0.717, 1.165) is 64.2 Å². The van der Waals surface area contributed by atoms with Gasteiger partial charge in [-0.1, -0.05) is 51.4 Å². The highest BCUT2D eigenvalue weighted by atomic mass is 16.7. The van der Waals surface area contributed by atoms with Crippen molar-refractivity contribution in [3.8, 4) is 0 Å². The Kier molecular flexibility index (Phi) is 19.9. The summed E-state index contributed by atoms with van der Waals surface area (Å²) < 4.78 is 35.8. The predicted molar refractivity (Wildman–Crippen MR) is 204 cm³/mol. The van der Waals surface area contributed by atoms with Gasteiger partial charge in [0.1, 0.15) is 61.0 Å². The average Bonchev–Trinajstić information content (AvgIpc) is 3.17. The third-order valence-electron chi connectivity index (χ3n) is 11.8. The molecule has 20 atom stereocenters. The van der Waals surface area contributed by atoms with Gasteiger partial charge in [0.05, 0.1) is 24.3 Å². The van der Waals surface area contributed by atoms with Crippen molar-refractivity contribution in [2.45, 2.75) is 199 Å². The van der Waals surface area contributed by atoms with E-state index < -0.39 is 122 Å². The minimum Gasteiger partial charge on any atom is -0.389 e. The summed E-state index contributed by atoms with van der Waals surface area (Å²) in [6, 6.07) is -4.44. The van der Waals surface area contributed by atoms with Gasteiger partial charge in [-0.3, -0.25) is 0 Å². The van der Waals surface area contributed by atoms with Crippen LogP contribution in [0.2, 0.25) is 0 Å². The van der Waals surface area contributed by atoms with Gasteiger partial charge in [-0.05, 0) is 25.7 Å². The Morgan fingerprint density at radius 1 is 0.411 bits per heavy atom. The molecule has 22 N–H and O–H groups in total. The summed E-state index contributed by atoms with van der Waals surface area (Å²) in [5.41, 5.74) is 48.6. The monoisotopic (exact) mass is 811 g/mol. The second kappa shape index (κ2) is 23.3. The first-order valence-corrected chi connectivity index (χ1v) is 20.6. The summed E-state index contributed by atoms with van der Waals surface area (Å²) in [6.07, 6.45) is -3.87. The van der Waals surface area contributed by atoms with E-state index >= 15 is 0 Å². The van der Waals surface area contributed by atoms with Crippen LogP contribution in [0.1, 0.15) is 77.0 Å². The van der Waals surface area contributed by atoms with E-state index in [1.807, 2.05) is 0 Å². The van der Waals surface area contributed by atoms with Gasteiger partial charge in [-0.25, -0.2) is 0 Å². The highest BCUT2D eigenvalue weighted by Crippen LogP contribution is 2.31. The van der Waals surface area contributed by atoms with Gasteiger partial charge < -0.3 is 105 Å². The van der Waals surface area contributed by atoms with Crippen molar-refractivity contribution in [2.75, 3.05) is 26.3 Å². The van der Waals surface area contributed by atoms with E-state index in [2.05, 4.69) is 0 Å². The maximum Gasteiger partial charge on any atom is 0.176 e. The van der Waals surface area contributed by atoms with E-state index in [9.17, 15) is 30.6 Å². The molecule has 2 aliphatic heterocycles. The Hall–Kier alpha value is -0.800. The van der Waals surface area contributed by atoms with E-state index in [4.69, 9.17) is 74.3 Å². The fourth-order valence-electron chi connectivity index (χ4n) is 8.19. The van der Waals surface area contributed by atoms with Gasteiger partial charge in [0.25, 0.3) is 0 Å². The van der Waals surface area contributed by atoms with Crippen LogP contribution in [0, 0.1) is 0 Å². The summed E-state index contributed by atoms with van der Waals surface area (Å²) in [5.74, 6) is 0. The first-order valence-electron chi connectivity index (χ1n) is 20.6. The summed E-state index contributed by atoms with van der Waals surface area (Å²) >= 11 is 0. The lowest BCUT2D eigenvalue weighted by atomic mass is 9.84. The highest BCUT2D eigenvalue weighted by molar-refractivity contribution is 5.02. The summed E-state index contributed by atoms with van der Waals surface area (Å²) in [6.45, 7) is 0.657. The molecule has 0 unspecified atom stereocenters. The number of aliphatic hydroxyl groups excluding tert-OH is 6. The molecular formula is C36H74N8O12. The minimum atomic E-state index is -1.31. The zero-order valence-electron chi connectivity index (χ0n) is 32.6. The van der Waals surface area contributed by atoms with Crippen LogP contribution in [-0.2, 0) is 28.4 Å². The Morgan fingerprint density at radius 2 is 0.732 bits per heavy atom. The molecule has 4 fully saturated rings. The summed E-state index contributed by atoms with van der Waals surface area (Å²) in [4.78, 5) is 0. The lowest BCUT2D eigenvalue weighted by molar-refractivity contribution is -0.291. The maximum absolute atomic E-state index is 10.9. The summed E-state index contributed by atoms with van der Waals surface area (Å²) in [5, 5.41) is 62.9. The number of hydrogen-bond donors (Lipinski definition) is 14. The second-order valence-electron chi connectivity index (χ2n) is 16.2. The molecular weight excluding hydrogens is 736 g/mol. The van der Waals surface area contributed by atoms with Gasteiger partial charge in [-0.2, -0.15) is 0 Å². The third-order valence-corrected chi connectivity index (χ3v) is 11.8. The SMILES string of the molecule is NC[C@H]1O[C@H](O[C@@H]2[C@@H](OCCCCCCCCCCCCO[C@@H]3[C@@H](O)[C@H](N)C[C@H](N)[C@H]3O[C@H]3O[C@H](CN)[C@@H](O)[C@H](O)[C@H]3N)[C@H](O)[C@@H](N)C[C@H]2N)[C@H](N)[C@@H](O)[C@@H]1O. The Bertz CT molecular complexity index is 1030. The van der Waals surface area contributed by atoms with Crippen molar-refractivity contribution in [1.82, 2.24) is 0 Å². The first-order chi connectivity index (χ1) is 26.7. The summed E-state index contributed by atoms with van der Waals surface area (Å²) in [7, 11) is 0. The Morgan fingerprint density at radius 3 is 1.05 bits per heavy atom. The fraction of sp³-hybridized carbons (Fsp3) is 1.00. The molecule has 2 heterocycles. The van der Waals surface area contributed by atoms with Crippen LogP contribution in [-0.4, -0.2) is 179 Å². The van der Waals surface area contributed by atoms with Crippen LogP contribution in [0.4, 0.5) is 0 Å².